The first kappa shape index (κ1) is 15.2. The highest BCUT2D eigenvalue weighted by Crippen LogP contribution is 2.26. The molecule has 1 aromatic carbocycles. The SMILES string of the molecule is CCOC(=O)CC(=O)c1ccc(-c2ccncc2)cc1Cl. The number of esters is 1. The van der Waals surface area contributed by atoms with E-state index in [0.717, 1.165) is 11.1 Å². The Morgan fingerprint density at radius 3 is 2.48 bits per heavy atom. The zero-order valence-corrected chi connectivity index (χ0v) is 12.3. The molecule has 1 heterocycles. The Morgan fingerprint density at radius 2 is 1.86 bits per heavy atom. The largest absolute Gasteiger partial charge is 0.466 e. The monoisotopic (exact) mass is 303 g/mol. The smallest absolute Gasteiger partial charge is 0.313 e. The highest BCUT2D eigenvalue weighted by molar-refractivity contribution is 6.34. The van der Waals surface area contributed by atoms with Crippen LogP contribution in [0.5, 0.6) is 0 Å². The van der Waals surface area contributed by atoms with E-state index >= 15 is 0 Å². The van der Waals surface area contributed by atoms with Crippen molar-refractivity contribution in [1.29, 1.82) is 0 Å². The van der Waals surface area contributed by atoms with Crippen molar-refractivity contribution in [3.8, 4) is 11.1 Å². The molecule has 4 nitrogen and oxygen atoms in total. The van der Waals surface area contributed by atoms with Crippen molar-refractivity contribution in [3.05, 3.63) is 53.3 Å². The maximum Gasteiger partial charge on any atom is 0.313 e. The summed E-state index contributed by atoms with van der Waals surface area (Å²) in [7, 11) is 0. The van der Waals surface area contributed by atoms with Gasteiger partial charge in [-0.15, -0.1) is 0 Å². The molecule has 0 aliphatic heterocycles. The molecule has 0 saturated carbocycles. The van der Waals surface area contributed by atoms with Gasteiger partial charge in [0.25, 0.3) is 0 Å². The van der Waals surface area contributed by atoms with Gasteiger partial charge in [0.15, 0.2) is 5.78 Å². The van der Waals surface area contributed by atoms with Crippen molar-refractivity contribution in [2.45, 2.75) is 13.3 Å². The van der Waals surface area contributed by atoms with Gasteiger partial charge in [-0.25, -0.2) is 0 Å². The van der Waals surface area contributed by atoms with Crippen LogP contribution in [0.3, 0.4) is 0 Å². The zero-order valence-electron chi connectivity index (χ0n) is 11.5. The minimum absolute atomic E-state index is 0.251. The molecule has 0 fully saturated rings. The molecule has 1 aromatic heterocycles. The number of carbonyl (C=O) groups is 2. The van der Waals surface area contributed by atoms with Crippen molar-refractivity contribution < 1.29 is 14.3 Å². The minimum Gasteiger partial charge on any atom is -0.466 e. The predicted octanol–water partition coefficient (Wildman–Crippen LogP) is 3.54. The van der Waals surface area contributed by atoms with Gasteiger partial charge in [-0.2, -0.15) is 0 Å². The van der Waals surface area contributed by atoms with Gasteiger partial charge in [-0.1, -0.05) is 17.7 Å². The van der Waals surface area contributed by atoms with Crippen LogP contribution in [-0.2, 0) is 9.53 Å². The molecule has 0 spiro atoms. The molecule has 2 aromatic rings. The number of halogens is 1. The summed E-state index contributed by atoms with van der Waals surface area (Å²) in [5.41, 5.74) is 2.16. The maximum absolute atomic E-state index is 12.0. The highest BCUT2D eigenvalue weighted by Gasteiger charge is 2.16. The van der Waals surface area contributed by atoms with E-state index in [1.165, 1.54) is 0 Å². The quantitative estimate of drug-likeness (QED) is 0.481. The number of hydrogen-bond donors (Lipinski definition) is 0. The summed E-state index contributed by atoms with van der Waals surface area (Å²) in [6.45, 7) is 1.94. The van der Waals surface area contributed by atoms with Crippen molar-refractivity contribution in [2.24, 2.45) is 0 Å². The van der Waals surface area contributed by atoms with Gasteiger partial charge in [0.05, 0.1) is 11.6 Å². The Morgan fingerprint density at radius 1 is 1.14 bits per heavy atom. The average Bonchev–Trinajstić information content (AvgIpc) is 2.48. The molecule has 2 rings (SSSR count). The van der Waals surface area contributed by atoms with Crippen molar-refractivity contribution in [3.63, 3.8) is 0 Å². The van der Waals surface area contributed by atoms with Crippen LogP contribution in [0.2, 0.25) is 5.02 Å². The van der Waals surface area contributed by atoms with Crippen molar-refractivity contribution >= 4 is 23.4 Å². The number of Topliss-reactive ketones (excluding diaryl/α,β-unsaturated/α-hetero) is 1. The fourth-order valence-electron chi connectivity index (χ4n) is 1.90. The molecule has 0 aliphatic carbocycles. The standard InChI is InChI=1S/C16H14ClNO3/c1-2-21-16(20)10-15(19)13-4-3-12(9-14(13)17)11-5-7-18-8-6-11/h3-9H,2,10H2,1H3. The third-order valence-electron chi connectivity index (χ3n) is 2.89. The second kappa shape index (κ2) is 6.99. The molecule has 108 valence electrons. The molecular formula is C16H14ClNO3. The van der Waals surface area contributed by atoms with Crippen molar-refractivity contribution in [1.82, 2.24) is 4.98 Å². The second-order valence-corrected chi connectivity index (χ2v) is 4.74. The summed E-state index contributed by atoms with van der Waals surface area (Å²) < 4.78 is 4.76. The van der Waals surface area contributed by atoms with E-state index in [9.17, 15) is 9.59 Å². The van der Waals surface area contributed by atoms with Gasteiger partial charge in [0.2, 0.25) is 0 Å². The van der Waals surface area contributed by atoms with Gasteiger partial charge < -0.3 is 4.74 Å². The Balaban J connectivity index is 2.20. The molecule has 0 saturated heterocycles. The molecule has 21 heavy (non-hydrogen) atoms. The summed E-state index contributed by atoms with van der Waals surface area (Å²) in [5.74, 6) is -0.892. The number of rotatable bonds is 5. The summed E-state index contributed by atoms with van der Waals surface area (Å²) >= 11 is 6.15. The average molecular weight is 304 g/mol. The van der Waals surface area contributed by atoms with Crippen LogP contribution in [0.15, 0.2) is 42.7 Å². The van der Waals surface area contributed by atoms with Gasteiger partial charge in [0, 0.05) is 18.0 Å². The number of hydrogen-bond acceptors (Lipinski definition) is 4. The lowest BCUT2D eigenvalue weighted by molar-refractivity contribution is -0.141. The van der Waals surface area contributed by atoms with Crippen LogP contribution < -0.4 is 0 Å². The molecule has 0 radical (unpaired) electrons. The Kier molecular flexibility index (Phi) is 5.06. The Hall–Kier alpha value is -2.20. The lowest BCUT2D eigenvalue weighted by Crippen LogP contribution is -2.11. The molecule has 0 unspecified atom stereocenters. The number of benzene rings is 1. The summed E-state index contributed by atoms with van der Waals surface area (Å²) in [6.07, 6.45) is 3.06. The molecule has 0 amide bonds. The van der Waals surface area contributed by atoms with E-state index < -0.39 is 5.97 Å². The van der Waals surface area contributed by atoms with Gasteiger partial charge >= 0.3 is 5.97 Å². The third kappa shape index (κ3) is 3.89. The van der Waals surface area contributed by atoms with E-state index in [4.69, 9.17) is 16.3 Å². The van der Waals surface area contributed by atoms with Crippen LogP contribution in [0.1, 0.15) is 23.7 Å². The molecule has 5 heteroatoms. The Labute approximate surface area is 127 Å². The normalized spacial score (nSPS) is 10.2. The first-order chi connectivity index (χ1) is 10.1. The molecule has 0 aliphatic rings. The molecule has 0 bridgehead atoms. The fourth-order valence-corrected chi connectivity index (χ4v) is 2.19. The summed E-state index contributed by atoms with van der Waals surface area (Å²) in [5, 5.41) is 0.318. The fraction of sp³-hybridized carbons (Fsp3) is 0.188. The first-order valence-corrected chi connectivity index (χ1v) is 6.88. The molecule has 0 N–H and O–H groups in total. The Bertz CT molecular complexity index is 656. The van der Waals surface area contributed by atoms with Crippen LogP contribution in [0, 0.1) is 0 Å². The highest BCUT2D eigenvalue weighted by atomic mass is 35.5. The number of carbonyl (C=O) groups excluding carboxylic acids is 2. The zero-order chi connectivity index (χ0) is 15.2. The third-order valence-corrected chi connectivity index (χ3v) is 3.21. The maximum atomic E-state index is 12.0. The number of ether oxygens (including phenoxy) is 1. The summed E-state index contributed by atoms with van der Waals surface area (Å²) in [6, 6.07) is 8.83. The van der Waals surface area contributed by atoms with Gasteiger partial charge in [0.1, 0.15) is 6.42 Å². The topological polar surface area (TPSA) is 56.3 Å². The van der Waals surface area contributed by atoms with Gasteiger partial charge in [-0.3, -0.25) is 14.6 Å². The second-order valence-electron chi connectivity index (χ2n) is 4.34. The minimum atomic E-state index is -0.545. The van der Waals surface area contributed by atoms with E-state index in [2.05, 4.69) is 4.98 Å². The molecule has 0 atom stereocenters. The van der Waals surface area contributed by atoms with E-state index in [-0.39, 0.29) is 18.8 Å². The number of aromatic nitrogens is 1. The first-order valence-electron chi connectivity index (χ1n) is 6.50. The summed E-state index contributed by atoms with van der Waals surface area (Å²) in [4.78, 5) is 27.3. The lowest BCUT2D eigenvalue weighted by Gasteiger charge is -2.07. The molecular weight excluding hydrogens is 290 g/mol. The number of ketones is 1. The van der Waals surface area contributed by atoms with Crippen LogP contribution in [0.25, 0.3) is 11.1 Å². The van der Waals surface area contributed by atoms with E-state index in [0.29, 0.717) is 10.6 Å². The van der Waals surface area contributed by atoms with E-state index in [1.54, 1.807) is 37.5 Å². The van der Waals surface area contributed by atoms with Crippen LogP contribution in [-0.4, -0.2) is 23.3 Å². The van der Waals surface area contributed by atoms with E-state index in [1.807, 2.05) is 12.1 Å². The van der Waals surface area contributed by atoms with Crippen LogP contribution in [0.4, 0.5) is 0 Å². The number of pyridine rings is 1. The van der Waals surface area contributed by atoms with Crippen molar-refractivity contribution in [2.75, 3.05) is 6.61 Å². The van der Waals surface area contributed by atoms with Gasteiger partial charge in [-0.05, 0) is 42.3 Å². The number of nitrogens with zero attached hydrogens (tertiary/aromatic N) is 1. The lowest BCUT2D eigenvalue weighted by atomic mass is 10.0. The van der Waals surface area contributed by atoms with Crippen LogP contribution >= 0.6 is 11.6 Å². The predicted molar refractivity (Wildman–Crippen MR) is 80.3 cm³/mol.